The first-order valence-corrected chi connectivity index (χ1v) is 13.3. The molecule has 0 radical (unpaired) electrons. The molecule has 1 amide bonds. The van der Waals surface area contributed by atoms with Crippen LogP contribution >= 0.6 is 11.6 Å². The molecule has 6 rings (SSSR count). The molecule has 3 aromatic heterocycles. The molecular weight excluding hydrogens is 514 g/mol. The zero-order chi connectivity index (χ0) is 26.9. The van der Waals surface area contributed by atoms with Crippen molar-refractivity contribution >= 4 is 34.3 Å². The van der Waals surface area contributed by atoms with Gasteiger partial charge < -0.3 is 19.8 Å². The quantitative estimate of drug-likeness (QED) is 0.268. The van der Waals surface area contributed by atoms with Gasteiger partial charge in [0, 0.05) is 59.5 Å². The van der Waals surface area contributed by atoms with Gasteiger partial charge in [-0.25, -0.2) is 4.98 Å². The number of pyridine rings is 1. The van der Waals surface area contributed by atoms with E-state index >= 15 is 0 Å². The number of amides is 1. The summed E-state index contributed by atoms with van der Waals surface area (Å²) >= 11 is 6.10. The number of nitrogens with zero attached hydrogens (tertiary/aromatic N) is 4. The van der Waals surface area contributed by atoms with Crippen LogP contribution in [0.3, 0.4) is 0 Å². The van der Waals surface area contributed by atoms with Gasteiger partial charge in [0.2, 0.25) is 5.91 Å². The van der Waals surface area contributed by atoms with Gasteiger partial charge in [-0.1, -0.05) is 35.9 Å². The largest absolute Gasteiger partial charge is 0.489 e. The minimum absolute atomic E-state index is 0.124. The fourth-order valence-electron chi connectivity index (χ4n) is 5.07. The van der Waals surface area contributed by atoms with Crippen molar-refractivity contribution in [1.29, 1.82) is 0 Å². The number of likely N-dealkylation sites (tertiary alicyclic amines) is 1. The summed E-state index contributed by atoms with van der Waals surface area (Å²) in [4.78, 5) is 18.0. The highest BCUT2D eigenvalue weighted by Gasteiger charge is 2.23. The van der Waals surface area contributed by atoms with Crippen LogP contribution in [0.15, 0.2) is 77.6 Å². The molecule has 39 heavy (non-hydrogen) atoms. The van der Waals surface area contributed by atoms with Crippen LogP contribution in [0.2, 0.25) is 5.02 Å². The predicted molar refractivity (Wildman–Crippen MR) is 151 cm³/mol. The second-order valence-electron chi connectivity index (χ2n) is 9.80. The zero-order valence-electron chi connectivity index (χ0n) is 21.5. The third-order valence-corrected chi connectivity index (χ3v) is 7.43. The summed E-state index contributed by atoms with van der Waals surface area (Å²) in [5.41, 5.74) is 10.4. The number of carbonyl (C=O) groups excluding carboxylic acids is 1. The number of hydrogen-bond donors (Lipinski definition) is 1. The molecule has 0 aliphatic carbocycles. The molecule has 4 heterocycles. The third-order valence-electron chi connectivity index (χ3n) is 7.20. The van der Waals surface area contributed by atoms with Crippen molar-refractivity contribution < 1.29 is 13.9 Å². The van der Waals surface area contributed by atoms with Gasteiger partial charge in [-0.3, -0.25) is 9.48 Å². The van der Waals surface area contributed by atoms with Crippen LogP contribution in [0.4, 0.5) is 5.82 Å². The lowest BCUT2D eigenvalue weighted by Crippen LogP contribution is -2.37. The molecule has 8 nitrogen and oxygen atoms in total. The van der Waals surface area contributed by atoms with Crippen molar-refractivity contribution in [3.8, 4) is 28.2 Å². The normalized spacial score (nSPS) is 14.2. The average Bonchev–Trinajstić information content (AvgIpc) is 3.62. The zero-order valence-corrected chi connectivity index (χ0v) is 22.3. The van der Waals surface area contributed by atoms with E-state index in [1.165, 1.54) is 0 Å². The Hall–Kier alpha value is -4.30. The molecule has 0 unspecified atom stereocenters. The van der Waals surface area contributed by atoms with Crippen LogP contribution in [0.1, 0.15) is 31.4 Å². The lowest BCUT2D eigenvalue weighted by atomic mass is 10.0. The van der Waals surface area contributed by atoms with Gasteiger partial charge in [0.05, 0.1) is 12.2 Å². The van der Waals surface area contributed by atoms with Gasteiger partial charge in [0.25, 0.3) is 0 Å². The number of furan rings is 1. The Morgan fingerprint density at radius 3 is 2.72 bits per heavy atom. The third kappa shape index (κ3) is 5.20. The molecule has 1 saturated heterocycles. The molecule has 0 atom stereocenters. The van der Waals surface area contributed by atoms with E-state index in [0.29, 0.717) is 28.8 Å². The average molecular weight is 542 g/mol. The topological polar surface area (TPSA) is 99.4 Å². The Morgan fingerprint density at radius 1 is 1.10 bits per heavy atom. The van der Waals surface area contributed by atoms with E-state index in [0.717, 1.165) is 59.3 Å². The Kier molecular flexibility index (Phi) is 6.70. The molecule has 9 heteroatoms. The van der Waals surface area contributed by atoms with Crippen molar-refractivity contribution in [3.05, 3.63) is 83.8 Å². The minimum Gasteiger partial charge on any atom is -0.489 e. The van der Waals surface area contributed by atoms with E-state index < -0.39 is 0 Å². The van der Waals surface area contributed by atoms with Gasteiger partial charge in [0.15, 0.2) is 11.4 Å². The predicted octanol–water partition coefficient (Wildman–Crippen LogP) is 6.36. The van der Waals surface area contributed by atoms with Crippen LogP contribution in [-0.2, 0) is 11.4 Å². The molecule has 198 valence electrons. The van der Waals surface area contributed by atoms with Crippen LogP contribution < -0.4 is 10.5 Å². The van der Waals surface area contributed by atoms with E-state index in [1.54, 1.807) is 13.1 Å². The number of benzene rings is 2. The summed E-state index contributed by atoms with van der Waals surface area (Å²) in [5, 5.41) is 6.19. The molecule has 2 aromatic carbocycles. The maximum absolute atomic E-state index is 11.7. The van der Waals surface area contributed by atoms with E-state index in [1.807, 2.05) is 76.6 Å². The first-order chi connectivity index (χ1) is 18.9. The number of halogens is 1. The summed E-state index contributed by atoms with van der Waals surface area (Å²) in [6.45, 7) is 3.52. The Bertz CT molecular complexity index is 1650. The van der Waals surface area contributed by atoms with Crippen LogP contribution in [0, 0.1) is 0 Å². The number of rotatable bonds is 6. The number of nitrogen functional groups attached to an aromatic ring is 1. The minimum atomic E-state index is 0.124. The first kappa shape index (κ1) is 25.0. The molecule has 0 bridgehead atoms. The maximum Gasteiger partial charge on any atom is 0.219 e. The Morgan fingerprint density at radius 2 is 1.92 bits per heavy atom. The second kappa shape index (κ2) is 10.5. The molecule has 0 saturated carbocycles. The van der Waals surface area contributed by atoms with Crippen LogP contribution in [0.25, 0.3) is 33.4 Å². The van der Waals surface area contributed by atoms with E-state index in [4.69, 9.17) is 26.5 Å². The number of carbonyl (C=O) groups is 1. The number of nitrogens with two attached hydrogens (primary N) is 1. The lowest BCUT2D eigenvalue weighted by Gasteiger charge is -2.31. The number of fused-ring (bicyclic) bond motifs is 1. The van der Waals surface area contributed by atoms with Crippen LogP contribution in [-0.4, -0.2) is 38.7 Å². The van der Waals surface area contributed by atoms with Gasteiger partial charge in [0.1, 0.15) is 18.1 Å². The van der Waals surface area contributed by atoms with Crippen molar-refractivity contribution in [2.75, 3.05) is 18.8 Å². The molecule has 1 aliphatic heterocycles. The summed E-state index contributed by atoms with van der Waals surface area (Å²) in [5.74, 6) is 1.84. The number of hydrogen-bond acceptors (Lipinski definition) is 6. The monoisotopic (exact) mass is 541 g/mol. The SMILES string of the molecule is CC(=O)N1CCC(n2cc(-c3cnc(N)c4oc(-c5cccc(OCc6cccc(Cl)c6)c5)cc34)cn2)CC1. The standard InChI is InChI=1S/C30H28ClN5O3/c1-19(37)35-10-8-24(9-11-35)36-17-22(15-34-36)27-16-33-30(32)29-26(27)14-28(39-29)21-5-3-7-25(13-21)38-18-20-4-2-6-23(31)12-20/h2-7,12-17,24H,8-11,18H2,1H3,(H2,32,33). The van der Waals surface area contributed by atoms with E-state index in [-0.39, 0.29) is 11.9 Å². The first-order valence-electron chi connectivity index (χ1n) is 12.9. The summed E-state index contributed by atoms with van der Waals surface area (Å²) in [6, 6.07) is 17.6. The highest BCUT2D eigenvalue weighted by Crippen LogP contribution is 2.37. The van der Waals surface area contributed by atoms with Crippen molar-refractivity contribution in [2.24, 2.45) is 0 Å². The number of anilines is 1. The second-order valence-corrected chi connectivity index (χ2v) is 10.2. The van der Waals surface area contributed by atoms with Crippen molar-refractivity contribution in [2.45, 2.75) is 32.4 Å². The Labute approximate surface area is 230 Å². The van der Waals surface area contributed by atoms with Gasteiger partial charge >= 0.3 is 0 Å². The van der Waals surface area contributed by atoms with Crippen LogP contribution in [0.5, 0.6) is 5.75 Å². The highest BCUT2D eigenvalue weighted by atomic mass is 35.5. The molecule has 5 aromatic rings. The fourth-order valence-corrected chi connectivity index (χ4v) is 5.28. The molecular formula is C30H28ClN5O3. The van der Waals surface area contributed by atoms with E-state index in [9.17, 15) is 4.79 Å². The summed E-state index contributed by atoms with van der Waals surface area (Å²) in [7, 11) is 0. The van der Waals surface area contributed by atoms with Gasteiger partial charge in [-0.15, -0.1) is 0 Å². The van der Waals surface area contributed by atoms with Crippen molar-refractivity contribution in [3.63, 3.8) is 0 Å². The smallest absolute Gasteiger partial charge is 0.219 e. The number of piperidine rings is 1. The molecule has 1 fully saturated rings. The molecule has 1 aliphatic rings. The van der Waals surface area contributed by atoms with E-state index in [2.05, 4.69) is 10.1 Å². The maximum atomic E-state index is 11.7. The van der Waals surface area contributed by atoms with Crippen molar-refractivity contribution in [1.82, 2.24) is 19.7 Å². The Balaban J connectivity index is 1.25. The number of aromatic nitrogens is 3. The number of ether oxygens (including phenoxy) is 1. The summed E-state index contributed by atoms with van der Waals surface area (Å²) in [6.07, 6.45) is 7.41. The highest BCUT2D eigenvalue weighted by molar-refractivity contribution is 6.30. The summed E-state index contributed by atoms with van der Waals surface area (Å²) < 4.78 is 14.2. The lowest BCUT2D eigenvalue weighted by molar-refractivity contribution is -0.130. The molecule has 2 N–H and O–H groups in total. The molecule has 0 spiro atoms. The van der Waals surface area contributed by atoms with Gasteiger partial charge in [-0.2, -0.15) is 5.10 Å². The van der Waals surface area contributed by atoms with Gasteiger partial charge in [-0.05, 0) is 48.7 Å². The fraction of sp³-hybridized carbons (Fsp3) is 0.233.